The quantitative estimate of drug-likeness (QED) is 0.835. The molecule has 0 saturated carbocycles. The maximum Gasteiger partial charge on any atom is 0.224 e. The average molecular weight is 288 g/mol. The molecule has 0 aliphatic carbocycles. The Balaban J connectivity index is 1.54. The van der Waals surface area contributed by atoms with Gasteiger partial charge >= 0.3 is 0 Å². The summed E-state index contributed by atoms with van der Waals surface area (Å²) in [5, 5.41) is 2.84. The first-order valence-electron chi connectivity index (χ1n) is 7.84. The Bertz CT molecular complexity index is 453. The maximum absolute atomic E-state index is 11.8. The van der Waals surface area contributed by atoms with Crippen LogP contribution < -0.4 is 5.32 Å². The van der Waals surface area contributed by atoms with Gasteiger partial charge < -0.3 is 10.2 Å². The van der Waals surface area contributed by atoms with Crippen molar-refractivity contribution in [2.45, 2.75) is 38.5 Å². The summed E-state index contributed by atoms with van der Waals surface area (Å²) in [6, 6.07) is 10.2. The lowest BCUT2D eigenvalue weighted by atomic mass is 10.1. The fraction of sp³-hybridized carbons (Fsp3) is 0.529. The molecule has 0 unspecified atom stereocenters. The van der Waals surface area contributed by atoms with E-state index in [4.69, 9.17) is 0 Å². The zero-order chi connectivity index (χ0) is 14.9. The average Bonchev–Trinajstić information content (AvgIpc) is 3.02. The topological polar surface area (TPSA) is 49.4 Å². The Labute approximate surface area is 126 Å². The van der Waals surface area contributed by atoms with E-state index in [1.165, 1.54) is 5.56 Å². The van der Waals surface area contributed by atoms with Crippen LogP contribution in [0, 0.1) is 0 Å². The van der Waals surface area contributed by atoms with Gasteiger partial charge in [0, 0.05) is 32.5 Å². The molecular formula is C17H24N2O2. The van der Waals surface area contributed by atoms with Gasteiger partial charge in [0.25, 0.3) is 0 Å². The third-order valence-corrected chi connectivity index (χ3v) is 3.83. The Hall–Kier alpha value is -1.84. The van der Waals surface area contributed by atoms with Crippen LogP contribution in [0.3, 0.4) is 0 Å². The van der Waals surface area contributed by atoms with Gasteiger partial charge in [0.2, 0.25) is 11.8 Å². The van der Waals surface area contributed by atoms with Crippen molar-refractivity contribution in [1.82, 2.24) is 10.2 Å². The number of aryl methyl sites for hydroxylation is 1. The zero-order valence-electron chi connectivity index (χ0n) is 12.5. The van der Waals surface area contributed by atoms with Gasteiger partial charge in [-0.25, -0.2) is 0 Å². The normalized spacial score (nSPS) is 14.2. The van der Waals surface area contributed by atoms with Crippen molar-refractivity contribution < 1.29 is 9.59 Å². The summed E-state index contributed by atoms with van der Waals surface area (Å²) in [7, 11) is 0. The molecule has 1 aliphatic heterocycles. The van der Waals surface area contributed by atoms with Gasteiger partial charge in [-0.3, -0.25) is 9.59 Å². The highest BCUT2D eigenvalue weighted by Crippen LogP contribution is 2.08. The molecule has 1 heterocycles. The number of nitrogens with zero attached hydrogens (tertiary/aromatic N) is 1. The molecule has 0 radical (unpaired) electrons. The first kappa shape index (κ1) is 15.5. The number of likely N-dealkylation sites (tertiary alicyclic amines) is 1. The lowest BCUT2D eigenvalue weighted by Gasteiger charge is -2.15. The van der Waals surface area contributed by atoms with E-state index in [1.807, 2.05) is 23.1 Å². The Morgan fingerprint density at radius 2 is 1.76 bits per heavy atom. The molecular weight excluding hydrogens is 264 g/mol. The molecule has 2 amide bonds. The third-order valence-electron chi connectivity index (χ3n) is 3.83. The molecule has 1 aromatic rings. The highest BCUT2D eigenvalue weighted by atomic mass is 16.2. The summed E-state index contributed by atoms with van der Waals surface area (Å²) < 4.78 is 0. The molecule has 1 aromatic carbocycles. The van der Waals surface area contributed by atoms with Crippen molar-refractivity contribution in [2.75, 3.05) is 19.6 Å². The van der Waals surface area contributed by atoms with Gasteiger partial charge in [-0.2, -0.15) is 0 Å². The van der Waals surface area contributed by atoms with Crippen molar-refractivity contribution in [3.8, 4) is 0 Å². The van der Waals surface area contributed by atoms with Crippen LogP contribution in [0.4, 0.5) is 0 Å². The Morgan fingerprint density at radius 3 is 2.48 bits per heavy atom. The lowest BCUT2D eigenvalue weighted by Crippen LogP contribution is -2.32. The van der Waals surface area contributed by atoms with Crippen molar-refractivity contribution >= 4 is 11.8 Å². The standard InChI is InChI=1S/C17H24N2O2/c20-16(10-6-9-15-7-2-1-3-8-15)18-12-11-17(21)19-13-4-5-14-19/h1-3,7-8H,4-6,9-14H2,(H,18,20). The number of amides is 2. The van der Waals surface area contributed by atoms with E-state index in [9.17, 15) is 9.59 Å². The van der Waals surface area contributed by atoms with Gasteiger partial charge in [0.15, 0.2) is 0 Å². The molecule has 1 saturated heterocycles. The monoisotopic (exact) mass is 288 g/mol. The zero-order valence-corrected chi connectivity index (χ0v) is 12.5. The fourth-order valence-corrected chi connectivity index (χ4v) is 2.62. The van der Waals surface area contributed by atoms with Gasteiger partial charge in [-0.05, 0) is 31.2 Å². The summed E-state index contributed by atoms with van der Waals surface area (Å²) in [5.74, 6) is 0.206. The van der Waals surface area contributed by atoms with Crippen LogP contribution in [0.5, 0.6) is 0 Å². The smallest absolute Gasteiger partial charge is 0.224 e. The molecule has 0 bridgehead atoms. The van der Waals surface area contributed by atoms with Gasteiger partial charge in [0.05, 0.1) is 0 Å². The van der Waals surface area contributed by atoms with Crippen LogP contribution >= 0.6 is 0 Å². The van der Waals surface area contributed by atoms with E-state index < -0.39 is 0 Å². The number of hydrogen-bond acceptors (Lipinski definition) is 2. The molecule has 0 atom stereocenters. The molecule has 21 heavy (non-hydrogen) atoms. The van der Waals surface area contributed by atoms with Crippen LogP contribution in [0.2, 0.25) is 0 Å². The molecule has 4 heteroatoms. The van der Waals surface area contributed by atoms with Crippen LogP contribution in [-0.2, 0) is 16.0 Å². The highest BCUT2D eigenvalue weighted by Gasteiger charge is 2.17. The second-order valence-corrected chi connectivity index (χ2v) is 5.53. The van der Waals surface area contributed by atoms with E-state index in [2.05, 4.69) is 17.4 Å². The predicted octanol–water partition coefficient (Wildman–Crippen LogP) is 2.14. The molecule has 114 valence electrons. The number of carbonyl (C=O) groups is 2. The summed E-state index contributed by atoms with van der Waals surface area (Å²) in [4.78, 5) is 25.4. The van der Waals surface area contributed by atoms with Crippen LogP contribution in [-0.4, -0.2) is 36.3 Å². The molecule has 4 nitrogen and oxygen atoms in total. The molecule has 0 aromatic heterocycles. The number of carbonyl (C=O) groups excluding carboxylic acids is 2. The van der Waals surface area contributed by atoms with E-state index in [1.54, 1.807) is 0 Å². The minimum Gasteiger partial charge on any atom is -0.356 e. The number of rotatable bonds is 7. The maximum atomic E-state index is 11.8. The highest BCUT2D eigenvalue weighted by molar-refractivity contribution is 5.79. The molecule has 1 N–H and O–H groups in total. The largest absolute Gasteiger partial charge is 0.356 e. The van der Waals surface area contributed by atoms with Gasteiger partial charge in [0.1, 0.15) is 0 Å². The minimum absolute atomic E-state index is 0.0418. The van der Waals surface area contributed by atoms with Crippen molar-refractivity contribution in [3.63, 3.8) is 0 Å². The van der Waals surface area contributed by atoms with E-state index >= 15 is 0 Å². The summed E-state index contributed by atoms with van der Waals surface area (Å²) >= 11 is 0. The summed E-state index contributed by atoms with van der Waals surface area (Å²) in [5.41, 5.74) is 1.26. The van der Waals surface area contributed by atoms with E-state index in [0.29, 0.717) is 19.4 Å². The fourth-order valence-electron chi connectivity index (χ4n) is 2.62. The van der Waals surface area contributed by atoms with Crippen molar-refractivity contribution in [1.29, 1.82) is 0 Å². The number of nitrogens with one attached hydrogen (secondary N) is 1. The SMILES string of the molecule is O=C(CCCc1ccccc1)NCCC(=O)N1CCCC1. The molecule has 1 fully saturated rings. The lowest BCUT2D eigenvalue weighted by molar-refractivity contribution is -0.130. The van der Waals surface area contributed by atoms with Crippen LogP contribution in [0.1, 0.15) is 37.7 Å². The number of hydrogen-bond donors (Lipinski definition) is 1. The minimum atomic E-state index is 0.0418. The van der Waals surface area contributed by atoms with E-state index in [0.717, 1.165) is 38.8 Å². The van der Waals surface area contributed by atoms with Crippen molar-refractivity contribution in [2.24, 2.45) is 0 Å². The second-order valence-electron chi connectivity index (χ2n) is 5.53. The first-order chi connectivity index (χ1) is 10.3. The third kappa shape index (κ3) is 5.58. The summed E-state index contributed by atoms with van der Waals surface area (Å²) in [6.45, 7) is 2.22. The predicted molar refractivity (Wildman–Crippen MR) is 82.8 cm³/mol. The van der Waals surface area contributed by atoms with Crippen LogP contribution in [0.25, 0.3) is 0 Å². The van der Waals surface area contributed by atoms with Crippen LogP contribution in [0.15, 0.2) is 30.3 Å². The van der Waals surface area contributed by atoms with E-state index in [-0.39, 0.29) is 11.8 Å². The summed E-state index contributed by atoms with van der Waals surface area (Å²) in [6.07, 6.45) is 4.92. The van der Waals surface area contributed by atoms with Gasteiger partial charge in [-0.15, -0.1) is 0 Å². The molecule has 2 rings (SSSR count). The first-order valence-corrected chi connectivity index (χ1v) is 7.84. The molecule has 1 aliphatic rings. The van der Waals surface area contributed by atoms with Gasteiger partial charge in [-0.1, -0.05) is 30.3 Å². The number of benzene rings is 1. The van der Waals surface area contributed by atoms with Crippen molar-refractivity contribution in [3.05, 3.63) is 35.9 Å². The second kappa shape index (κ2) is 8.45. The Kier molecular flexibility index (Phi) is 6.25. The Morgan fingerprint density at radius 1 is 1.05 bits per heavy atom. The molecule has 0 spiro atoms.